The van der Waals surface area contributed by atoms with Gasteiger partial charge in [0, 0.05) is 32.0 Å². The van der Waals surface area contributed by atoms with Gasteiger partial charge < -0.3 is 20.1 Å². The van der Waals surface area contributed by atoms with Gasteiger partial charge in [0.05, 0.1) is 25.4 Å². The molecular formula is C27H25F7N8O4. The predicted molar refractivity (Wildman–Crippen MR) is 144 cm³/mol. The molecule has 2 aromatic carbocycles. The van der Waals surface area contributed by atoms with Gasteiger partial charge in [-0.2, -0.15) is 8.78 Å². The minimum Gasteiger partial charge on any atom is -0.433 e. The molecule has 0 spiro atoms. The second-order valence-electron chi connectivity index (χ2n) is 9.84. The maximum absolute atomic E-state index is 14.6. The van der Waals surface area contributed by atoms with Crippen LogP contribution in [0.15, 0.2) is 54.9 Å². The molecule has 0 radical (unpaired) electrons. The summed E-state index contributed by atoms with van der Waals surface area (Å²) in [4.78, 5) is 24.7. The molecule has 12 nitrogen and oxygen atoms in total. The van der Waals surface area contributed by atoms with Crippen LogP contribution in [0.3, 0.4) is 0 Å². The van der Waals surface area contributed by atoms with E-state index < -0.39 is 42.0 Å². The van der Waals surface area contributed by atoms with Crippen LogP contribution in [0.2, 0.25) is 0 Å². The topological polar surface area (TPSA) is 138 Å². The molecule has 0 aliphatic carbocycles. The number of nitrogens with zero attached hydrogens (tertiary/aromatic N) is 6. The molecule has 4 rings (SSSR count). The zero-order valence-electron chi connectivity index (χ0n) is 23.8. The molecule has 2 heterocycles. The minimum atomic E-state index is -4.88. The van der Waals surface area contributed by atoms with Gasteiger partial charge in [0.2, 0.25) is 5.91 Å². The Morgan fingerprint density at radius 3 is 2.43 bits per heavy atom. The van der Waals surface area contributed by atoms with E-state index in [4.69, 9.17) is 0 Å². The SMILES string of the molecule is CC(F)(F)Oc1ccc(F)c(CNC(=O)c2cn(CCC(F)Cn3cc(NC(=O)Cc4cccc(OC(F)(F)F)c4)nn3)nn2)c1. The average Bonchev–Trinajstić information content (AvgIpc) is 3.60. The molecular weight excluding hydrogens is 633 g/mol. The summed E-state index contributed by atoms with van der Waals surface area (Å²) in [6, 6.07) is 7.88. The number of hydrogen-bond acceptors (Lipinski definition) is 8. The molecule has 2 N–H and O–H groups in total. The van der Waals surface area contributed by atoms with E-state index in [9.17, 15) is 40.3 Å². The summed E-state index contributed by atoms with van der Waals surface area (Å²) >= 11 is 0. The van der Waals surface area contributed by atoms with Crippen molar-refractivity contribution in [1.82, 2.24) is 35.3 Å². The lowest BCUT2D eigenvalue weighted by atomic mass is 10.1. The third-order valence-electron chi connectivity index (χ3n) is 5.88. The third kappa shape index (κ3) is 10.7. The zero-order valence-corrected chi connectivity index (χ0v) is 23.8. The highest BCUT2D eigenvalue weighted by Gasteiger charge is 2.31. The highest BCUT2D eigenvalue weighted by atomic mass is 19.4. The lowest BCUT2D eigenvalue weighted by Gasteiger charge is -2.14. The van der Waals surface area contributed by atoms with Crippen molar-refractivity contribution in [3.05, 3.63) is 77.5 Å². The monoisotopic (exact) mass is 658 g/mol. The molecule has 1 atom stereocenters. The van der Waals surface area contributed by atoms with Gasteiger partial charge in [0.15, 0.2) is 11.5 Å². The Kier molecular flexibility index (Phi) is 10.4. The lowest BCUT2D eigenvalue weighted by molar-refractivity contribution is -0.274. The number of nitrogens with one attached hydrogen (secondary N) is 2. The summed E-state index contributed by atoms with van der Waals surface area (Å²) in [6.45, 7) is -0.0755. The molecule has 0 aliphatic rings. The summed E-state index contributed by atoms with van der Waals surface area (Å²) in [6.07, 6.45) is -7.68. The summed E-state index contributed by atoms with van der Waals surface area (Å²) in [7, 11) is 0. The molecule has 0 bridgehead atoms. The number of ether oxygens (including phenoxy) is 2. The maximum atomic E-state index is 14.6. The van der Waals surface area contributed by atoms with Crippen LogP contribution in [-0.4, -0.2) is 60.4 Å². The van der Waals surface area contributed by atoms with Gasteiger partial charge in [-0.1, -0.05) is 22.6 Å². The number of aryl methyl sites for hydroxylation is 1. The number of hydrogen-bond donors (Lipinski definition) is 2. The fraction of sp³-hybridized carbons (Fsp3) is 0.333. The van der Waals surface area contributed by atoms with E-state index in [1.807, 2.05) is 0 Å². The number of aromatic nitrogens is 6. The van der Waals surface area contributed by atoms with Gasteiger partial charge in [-0.3, -0.25) is 14.3 Å². The Labute approximate surface area is 255 Å². The first kappa shape index (κ1) is 33.7. The van der Waals surface area contributed by atoms with Gasteiger partial charge in [0.25, 0.3) is 5.91 Å². The fourth-order valence-corrected chi connectivity index (χ4v) is 3.97. The second-order valence-corrected chi connectivity index (χ2v) is 9.84. The summed E-state index contributed by atoms with van der Waals surface area (Å²) in [5.41, 5.74) is -0.0111. The van der Waals surface area contributed by atoms with E-state index in [1.165, 1.54) is 29.2 Å². The lowest BCUT2D eigenvalue weighted by Crippen LogP contribution is -2.24. The van der Waals surface area contributed by atoms with Crippen molar-refractivity contribution >= 4 is 17.6 Å². The van der Waals surface area contributed by atoms with E-state index in [-0.39, 0.29) is 60.9 Å². The molecule has 2 aromatic heterocycles. The van der Waals surface area contributed by atoms with Crippen LogP contribution in [0.1, 0.15) is 35.0 Å². The number of halogens is 7. The first-order valence-corrected chi connectivity index (χ1v) is 13.3. The van der Waals surface area contributed by atoms with Gasteiger partial charge in [-0.25, -0.2) is 13.5 Å². The van der Waals surface area contributed by atoms with Gasteiger partial charge in [-0.05, 0) is 35.9 Å². The second kappa shape index (κ2) is 14.2. The van der Waals surface area contributed by atoms with Crippen molar-refractivity contribution in [2.75, 3.05) is 5.32 Å². The van der Waals surface area contributed by atoms with Crippen LogP contribution in [0.4, 0.5) is 36.6 Å². The predicted octanol–water partition coefficient (Wildman–Crippen LogP) is 4.44. The summed E-state index contributed by atoms with van der Waals surface area (Å²) in [5, 5.41) is 19.7. The fourth-order valence-electron chi connectivity index (χ4n) is 3.97. The number of alkyl halides is 6. The van der Waals surface area contributed by atoms with Gasteiger partial charge >= 0.3 is 12.5 Å². The van der Waals surface area contributed by atoms with Crippen LogP contribution >= 0.6 is 0 Å². The van der Waals surface area contributed by atoms with E-state index in [0.717, 1.165) is 35.0 Å². The third-order valence-corrected chi connectivity index (χ3v) is 5.88. The Morgan fingerprint density at radius 2 is 1.70 bits per heavy atom. The number of carbonyl (C=O) groups is 2. The number of amides is 2. The number of benzene rings is 2. The van der Waals surface area contributed by atoms with Crippen LogP contribution in [0.25, 0.3) is 0 Å². The normalized spacial score (nSPS) is 12.4. The molecule has 19 heteroatoms. The number of rotatable bonds is 14. The van der Waals surface area contributed by atoms with Crippen molar-refractivity contribution in [2.45, 2.75) is 58.0 Å². The Balaban J connectivity index is 1.21. The van der Waals surface area contributed by atoms with E-state index >= 15 is 0 Å². The molecule has 1 unspecified atom stereocenters. The summed E-state index contributed by atoms with van der Waals surface area (Å²) in [5.74, 6) is -2.87. The zero-order chi connectivity index (χ0) is 33.5. The Morgan fingerprint density at radius 1 is 0.957 bits per heavy atom. The molecule has 2 amide bonds. The van der Waals surface area contributed by atoms with Crippen molar-refractivity contribution in [2.24, 2.45) is 0 Å². The largest absolute Gasteiger partial charge is 0.573 e. The maximum Gasteiger partial charge on any atom is 0.573 e. The summed E-state index contributed by atoms with van der Waals surface area (Å²) < 4.78 is 103. The number of anilines is 1. The minimum absolute atomic E-state index is 0.00531. The first-order chi connectivity index (χ1) is 21.6. The van der Waals surface area contributed by atoms with Crippen LogP contribution in [-0.2, 0) is 30.8 Å². The van der Waals surface area contributed by atoms with Crippen LogP contribution < -0.4 is 20.1 Å². The van der Waals surface area contributed by atoms with Crippen molar-refractivity contribution in [3.63, 3.8) is 0 Å². The van der Waals surface area contributed by atoms with Crippen LogP contribution in [0.5, 0.6) is 11.5 Å². The molecule has 0 saturated carbocycles. The Bertz CT molecular complexity index is 1660. The molecule has 0 saturated heterocycles. The highest BCUT2D eigenvalue weighted by Crippen LogP contribution is 2.25. The quantitative estimate of drug-likeness (QED) is 0.190. The smallest absolute Gasteiger partial charge is 0.433 e. The van der Waals surface area contributed by atoms with E-state index in [2.05, 4.69) is 40.7 Å². The first-order valence-electron chi connectivity index (χ1n) is 13.3. The highest BCUT2D eigenvalue weighted by molar-refractivity contribution is 5.92. The average molecular weight is 659 g/mol. The molecule has 46 heavy (non-hydrogen) atoms. The Hall–Kier alpha value is -5.23. The van der Waals surface area contributed by atoms with E-state index in [0.29, 0.717) is 6.92 Å². The molecule has 4 aromatic rings. The van der Waals surface area contributed by atoms with E-state index in [1.54, 1.807) is 0 Å². The van der Waals surface area contributed by atoms with Crippen molar-refractivity contribution < 1.29 is 49.8 Å². The van der Waals surface area contributed by atoms with Gasteiger partial charge in [-0.15, -0.1) is 23.4 Å². The molecule has 0 fully saturated rings. The molecule has 246 valence electrons. The van der Waals surface area contributed by atoms with Crippen LogP contribution in [0, 0.1) is 5.82 Å². The molecule has 0 aliphatic heterocycles. The van der Waals surface area contributed by atoms with Gasteiger partial charge in [0.1, 0.15) is 23.5 Å². The van der Waals surface area contributed by atoms with Crippen molar-refractivity contribution in [1.29, 1.82) is 0 Å². The standard InChI is InChI=1S/C27H25F7N8O4/c1-26(30,31)45-20-5-6-21(29)17(11-20)12-35-25(44)22-14-41(39-37-22)8-7-18(28)13-42-15-23(38-40-42)36-24(43)10-16-3-2-4-19(9-16)46-27(32,33)34/h2-6,9,11,14-15,18H,7-8,10,12-13H2,1H3,(H,35,44)(H,36,43). The van der Waals surface area contributed by atoms with Crippen molar-refractivity contribution in [3.8, 4) is 11.5 Å². The number of carbonyl (C=O) groups excluding carboxylic acids is 2.